The minimum Gasteiger partial charge on any atom is -0.496 e. The highest BCUT2D eigenvalue weighted by Crippen LogP contribution is 2.42. The summed E-state index contributed by atoms with van der Waals surface area (Å²) in [5, 5.41) is 7.05. The van der Waals surface area contributed by atoms with Gasteiger partial charge in [-0.1, -0.05) is 25.4 Å². The van der Waals surface area contributed by atoms with Crippen molar-refractivity contribution in [1.29, 1.82) is 0 Å². The maximum atomic E-state index is 13.3. The first-order valence-electron chi connectivity index (χ1n) is 12.9. The summed E-state index contributed by atoms with van der Waals surface area (Å²) in [6.45, 7) is 4.93. The van der Waals surface area contributed by atoms with E-state index in [4.69, 9.17) is 16.3 Å². The van der Waals surface area contributed by atoms with Gasteiger partial charge >= 0.3 is 6.18 Å². The van der Waals surface area contributed by atoms with E-state index in [0.29, 0.717) is 61.5 Å². The number of hydrogen-bond donors (Lipinski definition) is 1. The maximum Gasteiger partial charge on any atom is 0.393 e. The Labute approximate surface area is 232 Å². The van der Waals surface area contributed by atoms with Crippen molar-refractivity contribution >= 4 is 27.3 Å². The molecule has 1 amide bonds. The molecule has 0 atom stereocenters. The second-order valence-electron chi connectivity index (χ2n) is 10.8. The molecule has 1 aliphatic rings. The fourth-order valence-corrected chi connectivity index (χ4v) is 6.15. The number of pyridine rings is 1. The number of carbonyl (C=O) groups excluding carboxylic acids is 1. The van der Waals surface area contributed by atoms with Gasteiger partial charge in [-0.2, -0.15) is 18.3 Å². The van der Waals surface area contributed by atoms with Gasteiger partial charge in [0.2, 0.25) is 0 Å². The van der Waals surface area contributed by atoms with Crippen molar-refractivity contribution in [2.24, 2.45) is 11.3 Å². The van der Waals surface area contributed by atoms with Crippen LogP contribution in [0.5, 0.6) is 5.75 Å². The molecule has 0 aliphatic heterocycles. The lowest BCUT2D eigenvalue weighted by Gasteiger charge is -2.27. The quantitative estimate of drug-likeness (QED) is 0.392. The Kier molecular flexibility index (Phi) is 9.63. The molecule has 0 bridgehead atoms. The molecule has 1 N–H and O–H groups in total. The molecular formula is C26H36ClF3N4O4S. The van der Waals surface area contributed by atoms with Gasteiger partial charge in [0.1, 0.15) is 15.6 Å². The van der Waals surface area contributed by atoms with Gasteiger partial charge in [0.15, 0.2) is 5.69 Å². The number of rotatable bonds is 10. The first-order valence-corrected chi connectivity index (χ1v) is 15.3. The largest absolute Gasteiger partial charge is 0.496 e. The zero-order valence-electron chi connectivity index (χ0n) is 22.9. The molecule has 1 aliphatic carbocycles. The number of nitrogens with one attached hydrogen (secondary N) is 1. The molecule has 0 spiro atoms. The Balaban J connectivity index is 1.76. The highest BCUT2D eigenvalue weighted by molar-refractivity contribution is 7.91. The van der Waals surface area contributed by atoms with Crippen molar-refractivity contribution in [3.8, 4) is 17.0 Å². The topological polar surface area (TPSA) is 103 Å². The summed E-state index contributed by atoms with van der Waals surface area (Å²) in [4.78, 5) is 17.4. The van der Waals surface area contributed by atoms with Crippen LogP contribution >= 0.6 is 11.6 Å². The van der Waals surface area contributed by atoms with Crippen LogP contribution in [-0.4, -0.2) is 60.4 Å². The van der Waals surface area contributed by atoms with Crippen molar-refractivity contribution in [1.82, 2.24) is 20.1 Å². The average Bonchev–Trinajstić information content (AvgIpc) is 3.20. The fourth-order valence-electron chi connectivity index (χ4n) is 4.70. The van der Waals surface area contributed by atoms with Crippen LogP contribution in [0.15, 0.2) is 12.3 Å². The van der Waals surface area contributed by atoms with Gasteiger partial charge in [-0.3, -0.25) is 14.5 Å². The number of alkyl halides is 3. The van der Waals surface area contributed by atoms with E-state index in [1.54, 1.807) is 10.7 Å². The number of amides is 1. The van der Waals surface area contributed by atoms with Crippen molar-refractivity contribution in [2.45, 2.75) is 77.3 Å². The molecule has 13 heteroatoms. The van der Waals surface area contributed by atoms with Gasteiger partial charge in [0.05, 0.1) is 34.1 Å². The predicted molar refractivity (Wildman–Crippen MR) is 144 cm³/mol. The third-order valence-corrected chi connectivity index (χ3v) is 9.57. The number of nitrogens with zero attached hydrogens (tertiary/aromatic N) is 3. The summed E-state index contributed by atoms with van der Waals surface area (Å²) < 4.78 is 70.4. The minimum atomic E-state index is -4.33. The molecule has 3 rings (SSSR count). The molecule has 39 heavy (non-hydrogen) atoms. The zero-order chi connectivity index (χ0) is 29.2. The van der Waals surface area contributed by atoms with Gasteiger partial charge in [0.25, 0.3) is 5.91 Å². The summed E-state index contributed by atoms with van der Waals surface area (Å²) in [6.07, 6.45) is 0.929. The molecule has 0 radical (unpaired) electrons. The average molecular weight is 593 g/mol. The lowest BCUT2D eigenvalue weighted by molar-refractivity contribution is -0.213. The smallest absolute Gasteiger partial charge is 0.393 e. The molecule has 2 aromatic heterocycles. The molecule has 2 heterocycles. The lowest BCUT2D eigenvalue weighted by atomic mass is 9.86. The Bertz CT molecular complexity index is 1290. The van der Waals surface area contributed by atoms with E-state index in [-0.39, 0.29) is 34.7 Å². The van der Waals surface area contributed by atoms with Crippen LogP contribution in [0.2, 0.25) is 5.02 Å². The Morgan fingerprint density at radius 1 is 1.23 bits per heavy atom. The van der Waals surface area contributed by atoms with Crippen LogP contribution < -0.4 is 10.1 Å². The van der Waals surface area contributed by atoms with Crippen LogP contribution in [0.25, 0.3) is 11.3 Å². The first kappa shape index (κ1) is 31.2. The van der Waals surface area contributed by atoms with Gasteiger partial charge in [-0.05, 0) is 51.4 Å². The molecule has 0 unspecified atom stereocenters. The Morgan fingerprint density at radius 2 is 1.87 bits per heavy atom. The zero-order valence-corrected chi connectivity index (χ0v) is 24.4. The van der Waals surface area contributed by atoms with Gasteiger partial charge in [-0.15, -0.1) is 0 Å². The van der Waals surface area contributed by atoms with Gasteiger partial charge in [-0.25, -0.2) is 8.42 Å². The van der Waals surface area contributed by atoms with Crippen LogP contribution in [0, 0.1) is 11.3 Å². The molecule has 8 nitrogen and oxygen atoms in total. The summed E-state index contributed by atoms with van der Waals surface area (Å²) >= 11 is 6.65. The van der Waals surface area contributed by atoms with Crippen molar-refractivity contribution in [3.05, 3.63) is 28.7 Å². The van der Waals surface area contributed by atoms with Crippen molar-refractivity contribution < 1.29 is 31.1 Å². The number of hydrogen-bond acceptors (Lipinski definition) is 6. The van der Waals surface area contributed by atoms with Gasteiger partial charge in [0, 0.05) is 37.3 Å². The highest BCUT2D eigenvalue weighted by atomic mass is 35.5. The van der Waals surface area contributed by atoms with Crippen LogP contribution in [0.3, 0.4) is 0 Å². The summed E-state index contributed by atoms with van der Waals surface area (Å²) in [5.74, 6) is 0.0742. The van der Waals surface area contributed by atoms with Crippen LogP contribution in [0.1, 0.15) is 69.1 Å². The Hall–Kier alpha value is -2.34. The fraction of sp³-hybridized carbons (Fsp3) is 0.654. The molecule has 0 aromatic carbocycles. The molecule has 1 saturated carbocycles. The van der Waals surface area contributed by atoms with E-state index >= 15 is 0 Å². The predicted octanol–water partition coefficient (Wildman–Crippen LogP) is 5.48. The van der Waals surface area contributed by atoms with Crippen LogP contribution in [0.4, 0.5) is 13.2 Å². The normalized spacial score (nSPS) is 18.7. The van der Waals surface area contributed by atoms with E-state index in [2.05, 4.69) is 15.4 Å². The van der Waals surface area contributed by atoms with Crippen molar-refractivity contribution in [2.75, 3.05) is 19.9 Å². The minimum absolute atomic E-state index is 0.0383. The monoisotopic (exact) mass is 592 g/mol. The third-order valence-electron chi connectivity index (χ3n) is 7.53. The number of sulfone groups is 1. The Morgan fingerprint density at radius 3 is 2.41 bits per heavy atom. The molecule has 0 saturated heterocycles. The number of aromatic nitrogens is 3. The van der Waals surface area contributed by atoms with E-state index in [1.807, 2.05) is 6.92 Å². The summed E-state index contributed by atoms with van der Waals surface area (Å²) in [5.41, 5.74) is -0.495. The van der Waals surface area contributed by atoms with E-state index in [9.17, 15) is 26.4 Å². The molecule has 218 valence electrons. The molecule has 1 fully saturated rings. The van der Waals surface area contributed by atoms with E-state index in [1.165, 1.54) is 19.6 Å². The van der Waals surface area contributed by atoms with Crippen molar-refractivity contribution in [3.63, 3.8) is 0 Å². The number of ether oxygens (including phenoxy) is 1. The number of aryl methyl sites for hydroxylation is 2. The van der Waals surface area contributed by atoms with Gasteiger partial charge < -0.3 is 10.1 Å². The molecule has 2 aromatic rings. The summed E-state index contributed by atoms with van der Waals surface area (Å²) in [6, 6.07) is 1.58. The van der Waals surface area contributed by atoms with E-state index < -0.39 is 27.3 Å². The SMILES string of the molecule is CCn1nc(C(=O)NCC2CCC(S(C)(=O)=O)CC2)c(Cl)c1-c1cnc(CCC(C)(C)C(F)(F)F)cc1OC. The number of halogens is 4. The standard InChI is InChI=1S/C26H36ClF3N4O4S/c1-6-34-23(19-15-31-17(13-20(19)38-4)11-12-25(2,3)26(28,29)30)21(27)22(33-34)24(35)32-14-16-7-9-18(10-8-16)39(5,36)37/h13,15-16,18H,6-12,14H2,1-5H3,(H,32,35). The highest BCUT2D eigenvalue weighted by Gasteiger charge is 2.46. The maximum absolute atomic E-state index is 13.3. The lowest BCUT2D eigenvalue weighted by Crippen LogP contribution is -2.34. The third kappa shape index (κ3) is 7.25. The van der Waals surface area contributed by atoms with Crippen LogP contribution in [-0.2, 0) is 22.8 Å². The first-order chi connectivity index (χ1) is 18.1. The number of carbonyl (C=O) groups is 1. The molecular weight excluding hydrogens is 557 g/mol. The number of methoxy groups -OCH3 is 1. The van der Waals surface area contributed by atoms with E-state index in [0.717, 1.165) is 13.8 Å². The summed E-state index contributed by atoms with van der Waals surface area (Å²) in [7, 11) is -1.62. The second-order valence-corrected chi connectivity index (χ2v) is 13.5. The second kappa shape index (κ2) is 12.0.